The molecule has 1 aromatic rings. The minimum Gasteiger partial charge on any atom is -0.357 e. The topological polar surface area (TPSA) is 52.5 Å². The molecule has 0 aliphatic carbocycles. The Hall–Kier alpha value is -1.14. The van der Waals surface area contributed by atoms with Gasteiger partial charge in [0.1, 0.15) is 0 Å². The van der Waals surface area contributed by atoms with Crippen molar-refractivity contribution in [2.75, 3.05) is 32.7 Å². The third-order valence-corrected chi connectivity index (χ3v) is 5.05. The van der Waals surface area contributed by atoms with E-state index in [0.29, 0.717) is 6.04 Å². The third kappa shape index (κ3) is 6.47. The molecule has 0 unspecified atom stereocenters. The van der Waals surface area contributed by atoms with Crippen molar-refractivity contribution in [2.45, 2.75) is 52.5 Å². The van der Waals surface area contributed by atoms with Crippen molar-refractivity contribution >= 4 is 17.3 Å². The fraction of sp³-hybridized carbons (Fsp3) is 0.765. The summed E-state index contributed by atoms with van der Waals surface area (Å²) in [4.78, 5) is 13.0. The van der Waals surface area contributed by atoms with Crippen molar-refractivity contribution in [1.82, 2.24) is 20.5 Å². The van der Waals surface area contributed by atoms with Crippen molar-refractivity contribution < 1.29 is 0 Å². The van der Waals surface area contributed by atoms with Gasteiger partial charge < -0.3 is 15.5 Å². The molecule has 0 aromatic carbocycles. The molecule has 6 heteroatoms. The summed E-state index contributed by atoms with van der Waals surface area (Å²) in [6.07, 6.45) is 6.52. The highest BCUT2D eigenvalue weighted by molar-refractivity contribution is 7.11. The summed E-state index contributed by atoms with van der Waals surface area (Å²) < 4.78 is 0. The van der Waals surface area contributed by atoms with Gasteiger partial charge in [0.05, 0.1) is 5.01 Å². The van der Waals surface area contributed by atoms with E-state index in [1.54, 1.807) is 11.3 Å². The Morgan fingerprint density at radius 2 is 2.17 bits per heavy atom. The summed E-state index contributed by atoms with van der Waals surface area (Å²) in [5.74, 6) is 0.953. The van der Waals surface area contributed by atoms with E-state index in [1.165, 1.54) is 48.8 Å². The number of nitrogens with zero attached hydrogens (tertiary/aromatic N) is 3. The Morgan fingerprint density at radius 3 is 2.78 bits per heavy atom. The first-order valence-electron chi connectivity index (χ1n) is 8.89. The van der Waals surface area contributed by atoms with E-state index < -0.39 is 0 Å². The van der Waals surface area contributed by atoms with Crippen molar-refractivity contribution in [2.24, 2.45) is 4.99 Å². The van der Waals surface area contributed by atoms with Crippen LogP contribution in [0.25, 0.3) is 0 Å². The standard InChI is InChI=1S/C17H31N5S/c1-4-10-22-11-7-15(8-12-22)21-17(18-5-2)19-9-6-16-20-13-14(3)23-16/h13,15H,4-12H2,1-3H3,(H2,18,19,21). The number of thiazole rings is 1. The summed E-state index contributed by atoms with van der Waals surface area (Å²) in [6, 6.07) is 0.544. The van der Waals surface area contributed by atoms with Gasteiger partial charge in [-0.3, -0.25) is 4.99 Å². The number of nitrogens with one attached hydrogen (secondary N) is 2. The van der Waals surface area contributed by atoms with Crippen molar-refractivity contribution in [3.05, 3.63) is 16.1 Å². The fourth-order valence-electron chi connectivity index (χ4n) is 2.91. The molecule has 0 radical (unpaired) electrons. The van der Waals surface area contributed by atoms with E-state index in [-0.39, 0.29) is 0 Å². The van der Waals surface area contributed by atoms with Crippen LogP contribution < -0.4 is 10.6 Å². The predicted octanol–water partition coefficient (Wildman–Crippen LogP) is 2.42. The number of aryl methyl sites for hydroxylation is 1. The molecule has 1 saturated heterocycles. The van der Waals surface area contributed by atoms with Crippen LogP contribution in [0.4, 0.5) is 0 Å². The maximum atomic E-state index is 4.71. The van der Waals surface area contributed by atoms with Crippen LogP contribution in [0.2, 0.25) is 0 Å². The number of aliphatic imine (C=N–C) groups is 1. The zero-order chi connectivity index (χ0) is 16.5. The average Bonchev–Trinajstić information content (AvgIpc) is 2.95. The lowest BCUT2D eigenvalue weighted by Gasteiger charge is -2.32. The molecule has 2 heterocycles. The number of piperidine rings is 1. The molecular formula is C17H31N5S. The molecule has 23 heavy (non-hydrogen) atoms. The highest BCUT2D eigenvalue weighted by Gasteiger charge is 2.19. The number of likely N-dealkylation sites (tertiary alicyclic amines) is 1. The van der Waals surface area contributed by atoms with E-state index in [0.717, 1.165) is 25.5 Å². The van der Waals surface area contributed by atoms with Crippen LogP contribution >= 0.6 is 11.3 Å². The first-order chi connectivity index (χ1) is 11.2. The molecule has 1 fully saturated rings. The van der Waals surface area contributed by atoms with Crippen LogP contribution in [0.15, 0.2) is 11.2 Å². The second-order valence-electron chi connectivity index (χ2n) is 6.14. The van der Waals surface area contributed by atoms with E-state index in [1.807, 2.05) is 6.20 Å². The van der Waals surface area contributed by atoms with Crippen molar-refractivity contribution in [3.8, 4) is 0 Å². The van der Waals surface area contributed by atoms with Gasteiger partial charge in [-0.2, -0.15) is 0 Å². The number of aromatic nitrogens is 1. The monoisotopic (exact) mass is 337 g/mol. The minimum atomic E-state index is 0.544. The Bertz CT molecular complexity index is 477. The van der Waals surface area contributed by atoms with Crippen LogP contribution in [0.5, 0.6) is 0 Å². The summed E-state index contributed by atoms with van der Waals surface area (Å²) in [5, 5.41) is 8.15. The molecule has 0 bridgehead atoms. The highest BCUT2D eigenvalue weighted by Crippen LogP contribution is 2.12. The average molecular weight is 338 g/mol. The van der Waals surface area contributed by atoms with Gasteiger partial charge in [0, 0.05) is 49.7 Å². The zero-order valence-electron chi connectivity index (χ0n) is 14.8. The van der Waals surface area contributed by atoms with Gasteiger partial charge in [0.25, 0.3) is 0 Å². The normalized spacial score (nSPS) is 17.4. The molecule has 1 aliphatic heterocycles. The molecule has 2 N–H and O–H groups in total. The van der Waals surface area contributed by atoms with Gasteiger partial charge in [-0.1, -0.05) is 6.92 Å². The summed E-state index contributed by atoms with van der Waals surface area (Å²) in [6.45, 7) is 11.8. The zero-order valence-corrected chi connectivity index (χ0v) is 15.6. The van der Waals surface area contributed by atoms with Crippen LogP contribution in [0, 0.1) is 6.92 Å². The van der Waals surface area contributed by atoms with Gasteiger partial charge in [-0.15, -0.1) is 11.3 Å². The van der Waals surface area contributed by atoms with E-state index >= 15 is 0 Å². The molecule has 0 spiro atoms. The molecule has 0 atom stereocenters. The van der Waals surface area contributed by atoms with Crippen LogP contribution in [0.1, 0.15) is 43.0 Å². The lowest BCUT2D eigenvalue weighted by molar-refractivity contribution is 0.206. The minimum absolute atomic E-state index is 0.544. The van der Waals surface area contributed by atoms with Gasteiger partial charge in [-0.25, -0.2) is 4.98 Å². The number of guanidine groups is 1. The Balaban J connectivity index is 1.77. The Morgan fingerprint density at radius 1 is 1.39 bits per heavy atom. The lowest BCUT2D eigenvalue weighted by Crippen LogP contribution is -2.48. The van der Waals surface area contributed by atoms with Crippen LogP contribution in [0.3, 0.4) is 0 Å². The second kappa shape index (κ2) is 9.88. The number of rotatable bonds is 7. The molecule has 1 aromatic heterocycles. The van der Waals surface area contributed by atoms with E-state index in [4.69, 9.17) is 4.99 Å². The van der Waals surface area contributed by atoms with Gasteiger partial charge in [0.2, 0.25) is 0 Å². The van der Waals surface area contributed by atoms with E-state index in [2.05, 4.69) is 41.3 Å². The molecular weight excluding hydrogens is 306 g/mol. The Labute approximate surface area is 144 Å². The number of hydrogen-bond donors (Lipinski definition) is 2. The third-order valence-electron chi connectivity index (χ3n) is 4.08. The summed E-state index contributed by atoms with van der Waals surface area (Å²) >= 11 is 1.77. The lowest BCUT2D eigenvalue weighted by atomic mass is 10.1. The van der Waals surface area contributed by atoms with Gasteiger partial charge in [-0.05, 0) is 39.7 Å². The maximum absolute atomic E-state index is 4.71. The van der Waals surface area contributed by atoms with Crippen LogP contribution in [-0.4, -0.2) is 54.6 Å². The molecule has 130 valence electrons. The Kier molecular flexibility index (Phi) is 7.82. The summed E-state index contributed by atoms with van der Waals surface area (Å²) in [7, 11) is 0. The number of hydrogen-bond acceptors (Lipinski definition) is 4. The maximum Gasteiger partial charge on any atom is 0.191 e. The molecule has 2 rings (SSSR count). The van der Waals surface area contributed by atoms with E-state index in [9.17, 15) is 0 Å². The predicted molar refractivity (Wildman–Crippen MR) is 99.4 cm³/mol. The smallest absolute Gasteiger partial charge is 0.191 e. The summed E-state index contributed by atoms with van der Waals surface area (Å²) in [5.41, 5.74) is 0. The fourth-order valence-corrected chi connectivity index (χ4v) is 3.69. The van der Waals surface area contributed by atoms with Gasteiger partial charge in [0.15, 0.2) is 5.96 Å². The molecule has 0 amide bonds. The first-order valence-corrected chi connectivity index (χ1v) is 9.71. The second-order valence-corrected chi connectivity index (χ2v) is 7.45. The molecule has 1 aliphatic rings. The molecule has 5 nitrogen and oxygen atoms in total. The van der Waals surface area contributed by atoms with Crippen molar-refractivity contribution in [1.29, 1.82) is 0 Å². The highest BCUT2D eigenvalue weighted by atomic mass is 32.1. The largest absolute Gasteiger partial charge is 0.357 e. The molecule has 0 saturated carbocycles. The van der Waals surface area contributed by atoms with Crippen LogP contribution in [-0.2, 0) is 6.42 Å². The first kappa shape index (κ1) is 18.2. The van der Waals surface area contributed by atoms with Crippen molar-refractivity contribution in [3.63, 3.8) is 0 Å². The SMILES string of the molecule is CCCN1CCC(NC(=NCCc2ncc(C)s2)NCC)CC1. The van der Waals surface area contributed by atoms with Gasteiger partial charge >= 0.3 is 0 Å². The quantitative estimate of drug-likeness (QED) is 0.593.